The molecule has 1 aliphatic rings. The van der Waals surface area contributed by atoms with Crippen molar-refractivity contribution in [2.24, 2.45) is 0 Å². The molecule has 0 aliphatic carbocycles. The first-order valence-electron chi connectivity index (χ1n) is 13.5. The van der Waals surface area contributed by atoms with Gasteiger partial charge in [0.2, 0.25) is 5.91 Å². The summed E-state index contributed by atoms with van der Waals surface area (Å²) in [5.74, 6) is -1.10. The van der Waals surface area contributed by atoms with Crippen LogP contribution in [0.15, 0.2) is 73.2 Å². The smallest absolute Gasteiger partial charge is 0.272 e. The third-order valence-corrected chi connectivity index (χ3v) is 7.83. The number of benzene rings is 2. The number of aromatic nitrogens is 7. The van der Waals surface area contributed by atoms with Crippen LogP contribution in [0.3, 0.4) is 0 Å². The van der Waals surface area contributed by atoms with Crippen LogP contribution in [0.2, 0.25) is 10.0 Å². The van der Waals surface area contributed by atoms with E-state index in [1.165, 1.54) is 23.1 Å². The number of tetrazole rings is 1. The average molecular weight is 632 g/mol. The van der Waals surface area contributed by atoms with E-state index in [0.29, 0.717) is 43.8 Å². The lowest BCUT2D eigenvalue weighted by atomic mass is 9.97. The molecule has 0 radical (unpaired) electrons. The van der Waals surface area contributed by atoms with Crippen molar-refractivity contribution in [1.29, 1.82) is 0 Å². The predicted octanol–water partition coefficient (Wildman–Crippen LogP) is 4.77. The number of fused-ring (bicyclic) bond motifs is 1. The maximum atomic E-state index is 13.8. The van der Waals surface area contributed by atoms with Crippen LogP contribution < -0.4 is 5.32 Å². The third-order valence-electron chi connectivity index (χ3n) is 7.09. The van der Waals surface area contributed by atoms with Crippen LogP contribution in [-0.2, 0) is 17.9 Å². The molecule has 0 spiro atoms. The number of nitrogens with zero attached hydrogens (tertiary/aromatic N) is 8. The fourth-order valence-electron chi connectivity index (χ4n) is 4.96. The van der Waals surface area contributed by atoms with Crippen molar-refractivity contribution in [2.45, 2.75) is 26.1 Å². The van der Waals surface area contributed by atoms with Crippen LogP contribution in [0.1, 0.15) is 46.0 Å². The minimum atomic E-state index is -0.450. The zero-order valence-electron chi connectivity index (χ0n) is 23.2. The summed E-state index contributed by atoms with van der Waals surface area (Å²) in [6.45, 7) is 1.97. The molecule has 44 heavy (non-hydrogen) atoms. The van der Waals surface area contributed by atoms with Gasteiger partial charge in [-0.25, -0.2) is 13.8 Å². The predicted molar refractivity (Wildman–Crippen MR) is 161 cm³/mol. The van der Waals surface area contributed by atoms with Crippen LogP contribution in [-0.4, -0.2) is 58.2 Å². The Morgan fingerprint density at radius 2 is 1.89 bits per heavy atom. The Morgan fingerprint density at radius 3 is 2.59 bits per heavy atom. The Morgan fingerprint density at radius 1 is 1.07 bits per heavy atom. The number of hydrogen-bond acceptors (Lipinski definition) is 7. The van der Waals surface area contributed by atoms with Gasteiger partial charge in [0.15, 0.2) is 5.69 Å². The second kappa shape index (κ2) is 12.3. The Kier molecular flexibility index (Phi) is 8.18. The Balaban J connectivity index is 1.48. The minimum Gasteiger partial charge on any atom is -0.343 e. The molecule has 222 valence electrons. The molecule has 0 unspecified atom stereocenters. The highest BCUT2D eigenvalue weighted by Gasteiger charge is 2.34. The zero-order valence-corrected chi connectivity index (χ0v) is 24.7. The van der Waals surface area contributed by atoms with E-state index in [0.717, 1.165) is 0 Å². The number of rotatable bonds is 7. The molecule has 4 heterocycles. The summed E-state index contributed by atoms with van der Waals surface area (Å²) in [5, 5.41) is 19.4. The van der Waals surface area contributed by atoms with Gasteiger partial charge in [0.1, 0.15) is 18.7 Å². The maximum absolute atomic E-state index is 13.8. The molecular weight excluding hydrogens is 608 g/mol. The topological polar surface area (TPSA) is 124 Å². The average Bonchev–Trinajstić information content (AvgIpc) is 3.68. The van der Waals surface area contributed by atoms with Crippen molar-refractivity contribution < 1.29 is 14.0 Å². The van der Waals surface area contributed by atoms with Gasteiger partial charge >= 0.3 is 0 Å². The van der Waals surface area contributed by atoms with Gasteiger partial charge < -0.3 is 10.2 Å². The highest BCUT2D eigenvalue weighted by molar-refractivity contribution is 6.42. The van der Waals surface area contributed by atoms with Gasteiger partial charge in [0.25, 0.3) is 5.91 Å². The van der Waals surface area contributed by atoms with E-state index in [4.69, 9.17) is 28.3 Å². The lowest BCUT2D eigenvalue weighted by Gasteiger charge is -2.30. The molecule has 14 heteroatoms. The summed E-state index contributed by atoms with van der Waals surface area (Å²) in [7, 11) is 0. The third kappa shape index (κ3) is 6.08. The summed E-state index contributed by atoms with van der Waals surface area (Å²) in [5.41, 5.74) is 3.84. The van der Waals surface area contributed by atoms with E-state index in [1.54, 1.807) is 52.2 Å². The van der Waals surface area contributed by atoms with Crippen molar-refractivity contribution in [3.63, 3.8) is 0 Å². The molecule has 1 N–H and O–H groups in total. The highest BCUT2D eigenvalue weighted by Crippen LogP contribution is 2.35. The van der Waals surface area contributed by atoms with E-state index in [9.17, 15) is 14.0 Å². The number of halogens is 3. The number of carbonyl (C=O) groups is 2. The summed E-state index contributed by atoms with van der Waals surface area (Å²) in [6.07, 6.45) is 4.84. The van der Waals surface area contributed by atoms with Crippen LogP contribution in [0.25, 0.3) is 17.3 Å². The number of carbonyl (C=O) groups excluding carboxylic acids is 2. The second-order valence-corrected chi connectivity index (χ2v) is 10.9. The van der Waals surface area contributed by atoms with E-state index in [1.807, 2.05) is 25.1 Å². The molecule has 3 aromatic heterocycles. The van der Waals surface area contributed by atoms with Crippen molar-refractivity contribution in [2.75, 3.05) is 6.54 Å². The van der Waals surface area contributed by atoms with Gasteiger partial charge in [-0.2, -0.15) is 5.10 Å². The first kappa shape index (κ1) is 29.1. The van der Waals surface area contributed by atoms with Crippen LogP contribution in [0.5, 0.6) is 0 Å². The van der Waals surface area contributed by atoms with E-state index < -0.39 is 11.9 Å². The van der Waals surface area contributed by atoms with Crippen LogP contribution in [0.4, 0.5) is 4.39 Å². The van der Waals surface area contributed by atoms with Gasteiger partial charge in [-0.15, -0.1) is 5.10 Å². The first-order chi connectivity index (χ1) is 21.3. The Bertz CT molecular complexity index is 1860. The molecule has 6 rings (SSSR count). The van der Waals surface area contributed by atoms with Crippen molar-refractivity contribution in [1.82, 2.24) is 45.2 Å². The lowest BCUT2D eigenvalue weighted by molar-refractivity contribution is -0.132. The van der Waals surface area contributed by atoms with Gasteiger partial charge in [-0.3, -0.25) is 14.6 Å². The fourth-order valence-corrected chi connectivity index (χ4v) is 5.25. The molecule has 1 atom stereocenters. The number of hydrogen-bond donors (Lipinski definition) is 1. The van der Waals surface area contributed by atoms with Gasteiger partial charge in [-0.05, 0) is 77.0 Å². The fraction of sp³-hybridized carbons (Fsp3) is 0.167. The van der Waals surface area contributed by atoms with Crippen molar-refractivity contribution in [3.8, 4) is 5.69 Å². The largest absolute Gasteiger partial charge is 0.343 e. The molecule has 0 bridgehead atoms. The quantitative estimate of drug-likeness (QED) is 0.274. The molecule has 5 aromatic rings. The van der Waals surface area contributed by atoms with Crippen molar-refractivity contribution >= 4 is 46.7 Å². The van der Waals surface area contributed by atoms with Crippen LogP contribution in [0, 0.1) is 5.82 Å². The number of amides is 2. The number of pyridine rings is 1. The standard InChI is InChI=1S/C30H24Cl2FN9O2/c1-18(26-4-2-3-11-34-26)36-30(44)28-23-15-40(27(43)16-41-17-35-38-39-41)14-20(12-19-5-7-21(33)8-6-19)29(23)42(37-28)22-9-10-24(31)25(32)13-22/h2-13,17-18H,14-16H2,1H3,(H,36,44)/b20-12+/t18-/m1/s1. The SMILES string of the molecule is C[C@@H](NC(=O)c1nn(-c2ccc(Cl)c(Cl)c2)c2c1CN(C(=O)Cn1cnnn1)C/C2=C\c1ccc(F)cc1)c1ccccn1. The summed E-state index contributed by atoms with van der Waals surface area (Å²) < 4.78 is 16.7. The summed E-state index contributed by atoms with van der Waals surface area (Å²) in [4.78, 5) is 33.3. The Labute approximate surface area is 260 Å². The maximum Gasteiger partial charge on any atom is 0.272 e. The van der Waals surface area contributed by atoms with Gasteiger partial charge in [-0.1, -0.05) is 41.4 Å². The molecule has 2 amide bonds. The molecular formula is C30H24Cl2FN9O2. The zero-order chi connectivity index (χ0) is 30.8. The molecule has 0 fully saturated rings. The first-order valence-corrected chi connectivity index (χ1v) is 14.3. The van der Waals surface area contributed by atoms with Gasteiger partial charge in [0.05, 0.1) is 39.7 Å². The van der Waals surface area contributed by atoms with E-state index in [2.05, 4.69) is 25.8 Å². The molecule has 1 aliphatic heterocycles. The second-order valence-electron chi connectivity index (χ2n) is 10.1. The summed E-state index contributed by atoms with van der Waals surface area (Å²) in [6, 6.07) is 16.0. The molecule has 0 saturated heterocycles. The van der Waals surface area contributed by atoms with Gasteiger partial charge in [0, 0.05) is 18.3 Å². The van der Waals surface area contributed by atoms with E-state index in [-0.39, 0.29) is 37.1 Å². The number of nitrogens with one attached hydrogen (secondary N) is 1. The normalized spacial score (nSPS) is 14.4. The van der Waals surface area contributed by atoms with Crippen LogP contribution >= 0.6 is 23.2 Å². The summed E-state index contributed by atoms with van der Waals surface area (Å²) >= 11 is 12.6. The lowest BCUT2D eigenvalue weighted by Crippen LogP contribution is -2.38. The van der Waals surface area contributed by atoms with E-state index >= 15 is 0 Å². The minimum absolute atomic E-state index is 0.0824. The molecule has 0 saturated carbocycles. The molecule has 2 aromatic carbocycles. The Hall–Kier alpha value is -4.94. The van der Waals surface area contributed by atoms with Crippen molar-refractivity contribution in [3.05, 3.63) is 117 Å². The molecule has 11 nitrogen and oxygen atoms in total. The monoisotopic (exact) mass is 631 g/mol. The highest BCUT2D eigenvalue weighted by atomic mass is 35.5.